The minimum Gasteiger partial charge on any atom is -0.444 e. The van der Waals surface area contributed by atoms with E-state index < -0.39 is 71.3 Å². The van der Waals surface area contributed by atoms with Gasteiger partial charge in [0.2, 0.25) is 17.7 Å². The van der Waals surface area contributed by atoms with Gasteiger partial charge < -0.3 is 25.6 Å². The highest BCUT2D eigenvalue weighted by Gasteiger charge is 2.43. The van der Waals surface area contributed by atoms with E-state index in [4.69, 9.17) is 4.74 Å². The van der Waals surface area contributed by atoms with Crippen LogP contribution in [0.25, 0.3) is 0 Å². The van der Waals surface area contributed by atoms with Gasteiger partial charge >= 0.3 is 12.3 Å². The van der Waals surface area contributed by atoms with Gasteiger partial charge in [-0.15, -0.1) is 0 Å². The normalized spacial score (nSPS) is 14.8. The number of alkyl carbamates (subject to hydrolysis) is 1. The van der Waals surface area contributed by atoms with Crippen LogP contribution in [0.1, 0.15) is 54.9 Å². The van der Waals surface area contributed by atoms with Crippen LogP contribution in [0.4, 0.5) is 18.0 Å². The zero-order valence-corrected chi connectivity index (χ0v) is 21.0. The Morgan fingerprint density at radius 2 is 1.35 bits per heavy atom. The van der Waals surface area contributed by atoms with E-state index in [1.165, 1.54) is 14.1 Å². The number of hydrogen-bond donors (Lipinski definition) is 3. The topological polar surface area (TPSA) is 134 Å². The number of amides is 4. The van der Waals surface area contributed by atoms with Gasteiger partial charge in [-0.05, 0) is 33.1 Å². The molecule has 196 valence electrons. The first-order valence-corrected chi connectivity index (χ1v) is 10.5. The van der Waals surface area contributed by atoms with Gasteiger partial charge in [0.1, 0.15) is 17.7 Å². The van der Waals surface area contributed by atoms with Gasteiger partial charge in [-0.1, -0.05) is 20.8 Å². The Balaban J connectivity index is 5.78. The molecule has 0 aliphatic carbocycles. The van der Waals surface area contributed by atoms with E-state index in [0.717, 1.165) is 11.8 Å². The Morgan fingerprint density at radius 3 is 1.74 bits per heavy atom. The quantitative estimate of drug-likeness (QED) is 0.467. The highest BCUT2D eigenvalue weighted by Crippen LogP contribution is 2.21. The Bertz CT molecular complexity index is 785. The van der Waals surface area contributed by atoms with Gasteiger partial charge in [0.05, 0.1) is 12.5 Å². The molecule has 3 N–H and O–H groups in total. The lowest BCUT2D eigenvalue weighted by Crippen LogP contribution is -2.60. The number of carbonyl (C=O) groups is 5. The second-order valence-corrected chi connectivity index (χ2v) is 10.1. The molecule has 34 heavy (non-hydrogen) atoms. The summed E-state index contributed by atoms with van der Waals surface area (Å²) in [7, 11) is 2.77. The van der Waals surface area contributed by atoms with Crippen molar-refractivity contribution in [2.45, 2.75) is 84.8 Å². The van der Waals surface area contributed by atoms with Crippen molar-refractivity contribution >= 4 is 29.6 Å². The largest absolute Gasteiger partial charge is 0.452 e. The van der Waals surface area contributed by atoms with E-state index in [1.807, 2.05) is 5.32 Å². The molecule has 0 saturated heterocycles. The maximum Gasteiger partial charge on any atom is 0.452 e. The van der Waals surface area contributed by atoms with E-state index >= 15 is 0 Å². The van der Waals surface area contributed by atoms with E-state index in [9.17, 15) is 37.1 Å². The summed E-state index contributed by atoms with van der Waals surface area (Å²) in [5.74, 6) is -4.84. The first-order chi connectivity index (χ1) is 15.1. The predicted octanol–water partition coefficient (Wildman–Crippen LogP) is 1.53. The zero-order valence-electron chi connectivity index (χ0n) is 21.0. The number of nitrogens with zero attached hydrogens (tertiary/aromatic N) is 1. The van der Waals surface area contributed by atoms with E-state index in [2.05, 4.69) is 10.6 Å². The van der Waals surface area contributed by atoms with E-state index in [-0.39, 0.29) is 0 Å². The third-order valence-corrected chi connectivity index (χ3v) is 4.33. The minimum absolute atomic E-state index is 0.596. The number of rotatable bonds is 8. The molecule has 0 aliphatic heterocycles. The number of Topliss-reactive ketones (excluding diaryl/α,β-unsaturated/α-hetero) is 1. The predicted molar refractivity (Wildman–Crippen MR) is 117 cm³/mol. The van der Waals surface area contributed by atoms with Gasteiger partial charge in [-0.3, -0.25) is 19.2 Å². The van der Waals surface area contributed by atoms with Crippen molar-refractivity contribution in [3.8, 4) is 0 Å². The smallest absolute Gasteiger partial charge is 0.444 e. The molecule has 13 heteroatoms. The first kappa shape index (κ1) is 31.1. The number of alkyl halides is 3. The van der Waals surface area contributed by atoms with Crippen molar-refractivity contribution in [1.29, 1.82) is 0 Å². The first-order valence-electron chi connectivity index (χ1n) is 10.5. The number of hydrogen-bond acceptors (Lipinski definition) is 6. The summed E-state index contributed by atoms with van der Waals surface area (Å²) < 4.78 is 43.2. The summed E-state index contributed by atoms with van der Waals surface area (Å²) in [5, 5.41) is 6.59. The van der Waals surface area contributed by atoms with Gasteiger partial charge in [-0.25, -0.2) is 4.79 Å². The van der Waals surface area contributed by atoms with Crippen molar-refractivity contribution in [2.24, 2.45) is 5.41 Å². The average molecular weight is 497 g/mol. The van der Waals surface area contributed by atoms with Crippen LogP contribution in [0.15, 0.2) is 0 Å². The van der Waals surface area contributed by atoms with Crippen molar-refractivity contribution in [2.75, 3.05) is 14.1 Å². The van der Waals surface area contributed by atoms with Crippen molar-refractivity contribution in [3.63, 3.8) is 0 Å². The third-order valence-electron chi connectivity index (χ3n) is 4.33. The molecule has 0 heterocycles. The number of halogens is 3. The SMILES string of the molecule is C[C@H](NC(=O)[C@@H](CC(=O)N(C)C)NC(=O)[C@@H](NC(=O)OC(C)(C)C)C(C)(C)C)C(=O)C(F)(F)F. The Labute approximate surface area is 197 Å². The van der Waals surface area contributed by atoms with Gasteiger partial charge in [-0.2, -0.15) is 13.2 Å². The Hall–Kier alpha value is -2.86. The lowest BCUT2D eigenvalue weighted by atomic mass is 9.86. The standard InChI is InChI=1S/C21H35F3N4O6/c1-11(15(30)21(22,23)24)25-16(31)12(10-13(29)28(8)9)26-17(32)14(19(2,3)4)27-18(33)34-20(5,6)7/h11-12,14H,10H2,1-9H3,(H,25,31)(H,26,32)(H,27,33)/t11-,12+,14+/m0/s1. The number of nitrogens with one attached hydrogen (secondary N) is 3. The van der Waals surface area contributed by atoms with E-state index in [0.29, 0.717) is 0 Å². The zero-order chi connectivity index (χ0) is 27.2. The van der Waals surface area contributed by atoms with Crippen LogP contribution in [-0.2, 0) is 23.9 Å². The molecule has 0 aromatic carbocycles. The number of carbonyl (C=O) groups excluding carboxylic acids is 5. The summed E-state index contributed by atoms with van der Waals surface area (Å²) in [6.45, 7) is 10.6. The van der Waals surface area contributed by atoms with Crippen LogP contribution in [-0.4, -0.2) is 78.5 Å². The lowest BCUT2D eigenvalue weighted by Gasteiger charge is -2.32. The maximum absolute atomic E-state index is 13.0. The Morgan fingerprint density at radius 1 is 0.853 bits per heavy atom. The summed E-state index contributed by atoms with van der Waals surface area (Å²) in [5.41, 5.74) is -1.74. The van der Waals surface area contributed by atoms with Crippen LogP contribution < -0.4 is 16.0 Å². The molecule has 0 aliphatic rings. The monoisotopic (exact) mass is 496 g/mol. The van der Waals surface area contributed by atoms with Crippen molar-refractivity contribution in [3.05, 3.63) is 0 Å². The second-order valence-electron chi connectivity index (χ2n) is 10.1. The highest BCUT2D eigenvalue weighted by atomic mass is 19.4. The summed E-state index contributed by atoms with van der Waals surface area (Å²) in [6.07, 6.45) is -6.68. The van der Waals surface area contributed by atoms with Crippen LogP contribution >= 0.6 is 0 Å². The molecule has 10 nitrogen and oxygen atoms in total. The summed E-state index contributed by atoms with van der Waals surface area (Å²) in [4.78, 5) is 62.5. The fraction of sp³-hybridized carbons (Fsp3) is 0.762. The molecule has 0 saturated carbocycles. The molecule has 0 spiro atoms. The highest BCUT2D eigenvalue weighted by molar-refractivity contribution is 5.97. The van der Waals surface area contributed by atoms with E-state index in [1.54, 1.807) is 41.5 Å². The summed E-state index contributed by atoms with van der Waals surface area (Å²) >= 11 is 0. The molecular formula is C21H35F3N4O6. The molecule has 0 aromatic rings. The van der Waals surface area contributed by atoms with Crippen molar-refractivity contribution < 1.29 is 41.9 Å². The van der Waals surface area contributed by atoms with Gasteiger partial charge in [0.25, 0.3) is 5.78 Å². The molecule has 0 unspecified atom stereocenters. The fourth-order valence-corrected chi connectivity index (χ4v) is 2.55. The molecule has 0 radical (unpaired) electrons. The molecule has 0 fully saturated rings. The summed E-state index contributed by atoms with van der Waals surface area (Å²) in [6, 6.07) is -4.79. The number of ketones is 1. The fourth-order valence-electron chi connectivity index (χ4n) is 2.55. The lowest BCUT2D eigenvalue weighted by molar-refractivity contribution is -0.173. The van der Waals surface area contributed by atoms with Crippen LogP contribution in [0.5, 0.6) is 0 Å². The number of ether oxygens (including phenoxy) is 1. The Kier molecular flexibility index (Phi) is 10.5. The molecule has 4 amide bonds. The average Bonchev–Trinajstić information content (AvgIpc) is 2.61. The van der Waals surface area contributed by atoms with Crippen LogP contribution in [0, 0.1) is 5.41 Å². The third kappa shape index (κ3) is 10.8. The van der Waals surface area contributed by atoms with Gasteiger partial charge in [0.15, 0.2) is 0 Å². The molecular weight excluding hydrogens is 461 g/mol. The van der Waals surface area contributed by atoms with Gasteiger partial charge in [0, 0.05) is 14.1 Å². The minimum atomic E-state index is -5.18. The second kappa shape index (κ2) is 11.5. The molecule has 0 rings (SSSR count). The van der Waals surface area contributed by atoms with Crippen LogP contribution in [0.3, 0.4) is 0 Å². The van der Waals surface area contributed by atoms with Crippen LogP contribution in [0.2, 0.25) is 0 Å². The molecule has 0 aromatic heterocycles. The maximum atomic E-state index is 13.0. The van der Waals surface area contributed by atoms with Crippen molar-refractivity contribution in [1.82, 2.24) is 20.9 Å². The molecule has 0 bridgehead atoms. The molecule has 3 atom stereocenters.